The molecule has 203 valence electrons. The van der Waals surface area contributed by atoms with E-state index in [2.05, 4.69) is 77.9 Å². The molecule has 2 saturated carbocycles. The second-order valence-electron chi connectivity index (χ2n) is 12.6. The average Bonchev–Trinajstić information content (AvgIpc) is 3.00. The van der Waals surface area contributed by atoms with Gasteiger partial charge >= 0.3 is 0 Å². The zero-order chi connectivity index (χ0) is 26.1. The van der Waals surface area contributed by atoms with E-state index in [-0.39, 0.29) is 49.1 Å². The molecule has 0 amide bonds. The van der Waals surface area contributed by atoms with Crippen molar-refractivity contribution in [1.29, 1.82) is 0 Å². The molecule has 2 aliphatic rings. The van der Waals surface area contributed by atoms with Gasteiger partial charge in [0.25, 0.3) is 0 Å². The molecule has 1 heterocycles. The van der Waals surface area contributed by atoms with E-state index in [4.69, 9.17) is 4.98 Å². The Morgan fingerprint density at radius 2 is 1.43 bits per heavy atom. The van der Waals surface area contributed by atoms with Crippen LogP contribution in [0.25, 0.3) is 22.2 Å². The van der Waals surface area contributed by atoms with Gasteiger partial charge < -0.3 is 10.2 Å². The Bertz CT molecular complexity index is 1140. The van der Waals surface area contributed by atoms with Gasteiger partial charge in [0, 0.05) is 26.0 Å². The normalized spacial score (nSPS) is 26.5. The summed E-state index contributed by atoms with van der Waals surface area (Å²) in [6.07, 6.45) is 6.17. The monoisotopic (exact) mass is 679 g/mol. The SMILES string of the molecule is CC1(C)CCCC2CCCC(C)(C)C(O)C2C1O.Cc1[c-]c(-c2ccc3ccccc3n2)cc(C)c1.[Ir]. The van der Waals surface area contributed by atoms with Gasteiger partial charge in [0.2, 0.25) is 0 Å². The molecule has 0 bridgehead atoms. The molecule has 1 radical (unpaired) electrons. The molecular weight excluding hydrogens is 635 g/mol. The first kappa shape index (κ1) is 30.0. The van der Waals surface area contributed by atoms with E-state index >= 15 is 0 Å². The zero-order valence-electron chi connectivity index (χ0n) is 23.3. The summed E-state index contributed by atoms with van der Waals surface area (Å²) in [4.78, 5) is 4.70. The standard InChI is InChI=1S/C17H14N.C16H30O2.Ir/c1-12-9-13(2)11-15(10-12)17-8-7-14-5-3-4-6-16(14)18-17;1-15(2)9-5-7-11-8-6-10-16(3,4)14(18)12(11)13(15)17;/h3-10H,1-2H3;11-14,17-18H,5-10H2,1-4H3;/q-1;;. The molecule has 3 aromatic rings. The molecular formula is C33H44IrNO2-. The molecule has 37 heavy (non-hydrogen) atoms. The fraction of sp³-hybridized carbons (Fsp3) is 0.545. The summed E-state index contributed by atoms with van der Waals surface area (Å²) < 4.78 is 0. The molecule has 2 aromatic carbocycles. The van der Waals surface area contributed by atoms with Gasteiger partial charge in [-0.05, 0) is 59.6 Å². The molecule has 2 atom stereocenters. The van der Waals surface area contributed by atoms with Crippen LogP contribution in [0.15, 0.2) is 48.5 Å². The first-order chi connectivity index (χ1) is 17.0. The Morgan fingerprint density at radius 3 is 2.03 bits per heavy atom. The molecule has 3 nitrogen and oxygen atoms in total. The molecule has 0 spiro atoms. The van der Waals surface area contributed by atoms with Crippen molar-refractivity contribution in [1.82, 2.24) is 4.98 Å². The minimum Gasteiger partial charge on any atom is -0.392 e. The predicted molar refractivity (Wildman–Crippen MR) is 150 cm³/mol. The molecule has 2 fully saturated rings. The largest absolute Gasteiger partial charge is 0.392 e. The zero-order valence-corrected chi connectivity index (χ0v) is 25.7. The van der Waals surface area contributed by atoms with Crippen molar-refractivity contribution in [3.05, 3.63) is 65.7 Å². The summed E-state index contributed by atoms with van der Waals surface area (Å²) >= 11 is 0. The number of aromatic nitrogens is 1. The van der Waals surface area contributed by atoms with Crippen molar-refractivity contribution in [2.24, 2.45) is 22.7 Å². The van der Waals surface area contributed by atoms with Crippen LogP contribution in [0.4, 0.5) is 0 Å². The second-order valence-corrected chi connectivity index (χ2v) is 12.6. The molecule has 5 rings (SSSR count). The van der Waals surface area contributed by atoms with Gasteiger partial charge in [-0.2, -0.15) is 0 Å². The number of hydrogen-bond donors (Lipinski definition) is 2. The van der Waals surface area contributed by atoms with Crippen molar-refractivity contribution in [3.63, 3.8) is 0 Å². The third kappa shape index (κ3) is 6.90. The maximum Gasteiger partial charge on any atom is 0.0646 e. The minimum atomic E-state index is -0.364. The summed E-state index contributed by atoms with van der Waals surface area (Å²) in [5.74, 6) is 0.582. The summed E-state index contributed by atoms with van der Waals surface area (Å²) in [7, 11) is 0. The Hall–Kier alpha value is -1.58. The molecule has 2 N–H and O–H groups in total. The Morgan fingerprint density at radius 1 is 0.838 bits per heavy atom. The van der Waals surface area contributed by atoms with E-state index in [9.17, 15) is 10.2 Å². The van der Waals surface area contributed by atoms with E-state index in [1.807, 2.05) is 18.2 Å². The first-order valence-corrected chi connectivity index (χ1v) is 13.7. The average molecular weight is 679 g/mol. The van der Waals surface area contributed by atoms with E-state index in [1.165, 1.54) is 36.6 Å². The van der Waals surface area contributed by atoms with Crippen LogP contribution in [-0.2, 0) is 20.1 Å². The van der Waals surface area contributed by atoms with Gasteiger partial charge in [0.15, 0.2) is 0 Å². The molecule has 0 aliphatic heterocycles. The van der Waals surface area contributed by atoms with Crippen LogP contribution in [0.1, 0.15) is 77.3 Å². The van der Waals surface area contributed by atoms with Crippen molar-refractivity contribution in [2.45, 2.75) is 92.3 Å². The summed E-state index contributed by atoms with van der Waals surface area (Å²) in [6, 6.07) is 20.0. The number of pyridine rings is 1. The van der Waals surface area contributed by atoms with Gasteiger partial charge in [-0.3, -0.25) is 4.98 Å². The fourth-order valence-electron chi connectivity index (χ4n) is 6.44. The topological polar surface area (TPSA) is 53.4 Å². The Labute approximate surface area is 237 Å². The van der Waals surface area contributed by atoms with Crippen LogP contribution in [-0.4, -0.2) is 27.4 Å². The van der Waals surface area contributed by atoms with Crippen LogP contribution < -0.4 is 0 Å². The third-order valence-electron chi connectivity index (χ3n) is 8.69. The van der Waals surface area contributed by atoms with Gasteiger partial charge in [-0.25, -0.2) is 0 Å². The van der Waals surface area contributed by atoms with Gasteiger partial charge in [0.1, 0.15) is 0 Å². The number of nitrogens with zero attached hydrogens (tertiary/aromatic N) is 1. The summed E-state index contributed by atoms with van der Waals surface area (Å²) in [5, 5.41) is 22.7. The number of rotatable bonds is 1. The molecule has 2 aliphatic carbocycles. The van der Waals surface area contributed by atoms with Crippen LogP contribution in [0.3, 0.4) is 0 Å². The molecule has 4 heteroatoms. The summed E-state index contributed by atoms with van der Waals surface area (Å²) in [6.45, 7) is 12.8. The number of fused-ring (bicyclic) bond motifs is 2. The van der Waals surface area contributed by atoms with Crippen LogP contribution in [0, 0.1) is 42.6 Å². The van der Waals surface area contributed by atoms with Gasteiger partial charge in [-0.15, -0.1) is 34.9 Å². The second kappa shape index (κ2) is 12.1. The molecule has 1 aromatic heterocycles. The van der Waals surface area contributed by atoms with Crippen LogP contribution in [0.5, 0.6) is 0 Å². The number of aryl methyl sites for hydroxylation is 2. The first-order valence-electron chi connectivity index (χ1n) is 13.7. The number of hydrogen-bond acceptors (Lipinski definition) is 3. The third-order valence-corrected chi connectivity index (χ3v) is 8.69. The predicted octanol–water partition coefficient (Wildman–Crippen LogP) is 7.68. The Kier molecular flexibility index (Phi) is 9.78. The smallest absolute Gasteiger partial charge is 0.0646 e. The fourth-order valence-corrected chi connectivity index (χ4v) is 6.44. The number of aliphatic hydroxyl groups is 2. The van der Waals surface area contributed by atoms with Gasteiger partial charge in [-0.1, -0.05) is 84.7 Å². The van der Waals surface area contributed by atoms with Crippen molar-refractivity contribution in [2.75, 3.05) is 0 Å². The van der Waals surface area contributed by atoms with E-state index < -0.39 is 0 Å². The van der Waals surface area contributed by atoms with Crippen LogP contribution >= 0.6 is 0 Å². The molecule has 0 saturated heterocycles. The van der Waals surface area contributed by atoms with E-state index in [0.717, 1.165) is 35.2 Å². The number of para-hydroxylation sites is 1. The number of benzene rings is 2. The minimum absolute atomic E-state index is 0. The van der Waals surface area contributed by atoms with Crippen molar-refractivity contribution in [3.8, 4) is 11.3 Å². The maximum absolute atomic E-state index is 10.8. The summed E-state index contributed by atoms with van der Waals surface area (Å²) in [5.41, 5.74) is 5.37. The van der Waals surface area contributed by atoms with E-state index in [0.29, 0.717) is 5.92 Å². The quantitative estimate of drug-likeness (QED) is 0.260. The molecule has 2 unspecified atom stereocenters. The van der Waals surface area contributed by atoms with E-state index in [1.54, 1.807) is 0 Å². The number of aliphatic hydroxyl groups excluding tert-OH is 2. The maximum atomic E-state index is 10.8. The van der Waals surface area contributed by atoms with Crippen LogP contribution in [0.2, 0.25) is 0 Å². The van der Waals surface area contributed by atoms with Gasteiger partial charge in [0.05, 0.1) is 17.7 Å². The van der Waals surface area contributed by atoms with Crippen molar-refractivity contribution >= 4 is 10.9 Å². The Balaban J connectivity index is 0.000000200. The van der Waals surface area contributed by atoms with Crippen molar-refractivity contribution < 1.29 is 30.3 Å².